The Labute approximate surface area is 141 Å². The maximum Gasteiger partial charge on any atom is 0.264 e. The molecule has 0 unspecified atom stereocenters. The highest BCUT2D eigenvalue weighted by Gasteiger charge is 2.25. The van der Waals surface area contributed by atoms with Crippen molar-refractivity contribution < 1.29 is 8.42 Å². The van der Waals surface area contributed by atoms with Gasteiger partial charge in [-0.1, -0.05) is 11.8 Å². The molecule has 0 bridgehead atoms. The summed E-state index contributed by atoms with van der Waals surface area (Å²) in [4.78, 5) is 4.50. The van der Waals surface area contributed by atoms with Gasteiger partial charge in [0.2, 0.25) is 0 Å². The fourth-order valence-electron chi connectivity index (χ4n) is 2.63. The molecular formula is C15H22N4O2S2. The minimum atomic E-state index is -3.75. The molecule has 0 aliphatic carbocycles. The molecule has 2 aromatic rings. The van der Waals surface area contributed by atoms with E-state index in [1.54, 1.807) is 11.7 Å². The van der Waals surface area contributed by atoms with E-state index in [4.69, 9.17) is 0 Å². The first-order chi connectivity index (χ1) is 10.6. The smallest absolute Gasteiger partial charge is 0.246 e. The Kier molecular flexibility index (Phi) is 4.77. The lowest BCUT2D eigenvalue weighted by atomic mass is 9.95. The van der Waals surface area contributed by atoms with E-state index in [9.17, 15) is 8.42 Å². The largest absolute Gasteiger partial charge is 0.264 e. The van der Waals surface area contributed by atoms with Crippen LogP contribution in [0.25, 0.3) is 0 Å². The van der Waals surface area contributed by atoms with Crippen LogP contribution < -0.4 is 4.72 Å². The molecule has 0 spiro atoms. The summed E-state index contributed by atoms with van der Waals surface area (Å²) < 4.78 is 29.8. The molecule has 6 nitrogen and oxygen atoms in total. The van der Waals surface area contributed by atoms with Crippen molar-refractivity contribution in [3.63, 3.8) is 0 Å². The number of sulfonamides is 1. The van der Waals surface area contributed by atoms with Gasteiger partial charge in [-0.3, -0.25) is 0 Å². The molecule has 0 atom stereocenters. The third kappa shape index (κ3) is 3.10. The summed E-state index contributed by atoms with van der Waals surface area (Å²) in [5, 5.41) is 4.75. The molecule has 0 radical (unpaired) electrons. The Hall–Kier alpha value is -1.54. The molecule has 2 rings (SSSR count). The van der Waals surface area contributed by atoms with Gasteiger partial charge in [0.05, 0.1) is 4.90 Å². The second-order valence-electron chi connectivity index (χ2n) is 5.61. The first-order valence-electron chi connectivity index (χ1n) is 7.15. The molecule has 1 heterocycles. The van der Waals surface area contributed by atoms with Crippen molar-refractivity contribution in [2.45, 2.75) is 44.7 Å². The zero-order chi connectivity index (χ0) is 17.5. The van der Waals surface area contributed by atoms with Gasteiger partial charge in [-0.25, -0.2) is 17.8 Å². The van der Waals surface area contributed by atoms with E-state index >= 15 is 0 Å². The monoisotopic (exact) mass is 354 g/mol. The highest BCUT2D eigenvalue weighted by Crippen LogP contribution is 2.30. The van der Waals surface area contributed by atoms with Crippen LogP contribution in [0.3, 0.4) is 0 Å². The number of hydrogen-bond acceptors (Lipinski definition) is 5. The maximum atomic E-state index is 12.9. The van der Waals surface area contributed by atoms with Crippen LogP contribution in [0.2, 0.25) is 0 Å². The van der Waals surface area contributed by atoms with E-state index in [1.165, 1.54) is 11.8 Å². The van der Waals surface area contributed by atoms with Gasteiger partial charge in [0.15, 0.2) is 5.16 Å². The van der Waals surface area contributed by atoms with E-state index < -0.39 is 10.0 Å². The minimum absolute atomic E-state index is 0.0894. The number of hydrogen-bond donors (Lipinski definition) is 1. The van der Waals surface area contributed by atoms with Crippen molar-refractivity contribution in [1.29, 1.82) is 0 Å². The van der Waals surface area contributed by atoms with Gasteiger partial charge in [0.1, 0.15) is 0 Å². The van der Waals surface area contributed by atoms with Crippen LogP contribution in [0.15, 0.2) is 10.1 Å². The van der Waals surface area contributed by atoms with Crippen molar-refractivity contribution in [3.05, 3.63) is 27.8 Å². The van der Waals surface area contributed by atoms with E-state index in [2.05, 4.69) is 14.8 Å². The Morgan fingerprint density at radius 2 is 1.43 bits per heavy atom. The molecular weight excluding hydrogens is 332 g/mol. The molecule has 0 fully saturated rings. The van der Waals surface area contributed by atoms with Gasteiger partial charge in [0, 0.05) is 7.05 Å². The zero-order valence-electron chi connectivity index (χ0n) is 14.5. The Morgan fingerprint density at radius 3 is 1.87 bits per heavy atom. The topological polar surface area (TPSA) is 76.9 Å². The second-order valence-corrected chi connectivity index (χ2v) is 8.00. The van der Waals surface area contributed by atoms with Gasteiger partial charge in [-0.15, -0.1) is 5.10 Å². The second kappa shape index (κ2) is 6.16. The number of thioether (sulfide) groups is 1. The van der Waals surface area contributed by atoms with Gasteiger partial charge < -0.3 is 0 Å². The van der Waals surface area contributed by atoms with Crippen LogP contribution in [-0.2, 0) is 17.1 Å². The lowest BCUT2D eigenvalue weighted by Crippen LogP contribution is -2.18. The standard InChI is InChI=1S/C15H22N4O2S2/c1-8-9(2)11(4)13(12(5)10(8)3)23(20,21)18-14-16-15(22-7)19(6)17-14/h1-7H3,(H,17,18). The summed E-state index contributed by atoms with van der Waals surface area (Å²) in [6.07, 6.45) is 1.86. The summed E-state index contributed by atoms with van der Waals surface area (Å²) in [7, 11) is -2.02. The number of aromatic nitrogens is 3. The summed E-state index contributed by atoms with van der Waals surface area (Å²) >= 11 is 1.41. The summed E-state index contributed by atoms with van der Waals surface area (Å²) in [5.41, 5.74) is 4.64. The van der Waals surface area contributed by atoms with Crippen molar-refractivity contribution >= 4 is 27.7 Å². The van der Waals surface area contributed by atoms with Crippen LogP contribution in [-0.4, -0.2) is 29.4 Å². The third-order valence-corrected chi connectivity index (χ3v) is 6.65. The SMILES string of the molecule is CSc1nc(NS(=O)(=O)c2c(C)c(C)c(C)c(C)c2C)nn1C. The number of anilines is 1. The average molecular weight is 355 g/mol. The van der Waals surface area contributed by atoms with Crippen molar-refractivity contribution in [2.24, 2.45) is 7.05 Å². The zero-order valence-corrected chi connectivity index (χ0v) is 16.1. The van der Waals surface area contributed by atoms with E-state index in [1.807, 2.05) is 40.9 Å². The van der Waals surface area contributed by atoms with Gasteiger partial charge in [0.25, 0.3) is 16.0 Å². The van der Waals surface area contributed by atoms with Crippen LogP contribution in [0, 0.1) is 34.6 Å². The number of nitrogens with one attached hydrogen (secondary N) is 1. The summed E-state index contributed by atoms with van der Waals surface area (Å²) in [6.45, 7) is 9.58. The minimum Gasteiger partial charge on any atom is -0.246 e. The number of nitrogens with zero attached hydrogens (tertiary/aromatic N) is 3. The van der Waals surface area contributed by atoms with Gasteiger partial charge in [-0.2, -0.15) is 4.98 Å². The van der Waals surface area contributed by atoms with Gasteiger partial charge >= 0.3 is 0 Å². The lowest BCUT2D eigenvalue weighted by molar-refractivity contribution is 0.599. The molecule has 23 heavy (non-hydrogen) atoms. The van der Waals surface area contributed by atoms with Crippen LogP contribution >= 0.6 is 11.8 Å². The normalized spacial score (nSPS) is 11.8. The molecule has 1 N–H and O–H groups in total. The fraction of sp³-hybridized carbons (Fsp3) is 0.467. The molecule has 0 aliphatic rings. The Morgan fingerprint density at radius 1 is 0.957 bits per heavy atom. The number of benzene rings is 1. The van der Waals surface area contributed by atoms with E-state index in [-0.39, 0.29) is 5.95 Å². The molecule has 1 aromatic carbocycles. The molecule has 0 saturated heterocycles. The first-order valence-corrected chi connectivity index (χ1v) is 9.85. The van der Waals surface area contributed by atoms with Crippen molar-refractivity contribution in [3.8, 4) is 0 Å². The molecule has 0 amide bonds. The Bertz CT molecular complexity index is 841. The van der Waals surface area contributed by atoms with Crippen LogP contribution in [0.5, 0.6) is 0 Å². The number of aryl methyl sites for hydroxylation is 1. The number of rotatable bonds is 4. The highest BCUT2D eigenvalue weighted by molar-refractivity contribution is 7.98. The molecule has 0 saturated carbocycles. The predicted octanol–water partition coefficient (Wildman–Crippen LogP) is 2.88. The lowest BCUT2D eigenvalue weighted by Gasteiger charge is -2.18. The highest BCUT2D eigenvalue weighted by atomic mass is 32.2. The molecule has 0 aliphatic heterocycles. The van der Waals surface area contributed by atoms with Crippen LogP contribution in [0.4, 0.5) is 5.95 Å². The molecule has 8 heteroatoms. The van der Waals surface area contributed by atoms with Crippen molar-refractivity contribution in [2.75, 3.05) is 11.0 Å². The summed E-state index contributed by atoms with van der Waals surface area (Å²) in [5.74, 6) is 0.0894. The fourth-order valence-corrected chi connectivity index (χ4v) is 4.66. The maximum absolute atomic E-state index is 12.9. The summed E-state index contributed by atoms with van der Waals surface area (Å²) in [6, 6.07) is 0. The van der Waals surface area contributed by atoms with E-state index in [0.717, 1.165) is 27.8 Å². The first kappa shape index (κ1) is 17.8. The van der Waals surface area contributed by atoms with Crippen molar-refractivity contribution in [1.82, 2.24) is 14.8 Å². The van der Waals surface area contributed by atoms with Gasteiger partial charge in [-0.05, 0) is 68.7 Å². The Balaban J connectivity index is 2.56. The van der Waals surface area contributed by atoms with Crippen LogP contribution in [0.1, 0.15) is 27.8 Å². The quantitative estimate of drug-likeness (QED) is 0.854. The third-order valence-electron chi connectivity index (χ3n) is 4.33. The molecule has 126 valence electrons. The van der Waals surface area contributed by atoms with E-state index in [0.29, 0.717) is 10.1 Å². The average Bonchev–Trinajstić information content (AvgIpc) is 2.81. The molecule has 1 aromatic heterocycles. The predicted molar refractivity (Wildman–Crippen MR) is 93.7 cm³/mol.